The van der Waals surface area contributed by atoms with Crippen molar-refractivity contribution < 1.29 is 19.4 Å². The van der Waals surface area contributed by atoms with Crippen LogP contribution in [0.5, 0.6) is 5.75 Å². The number of aromatic carboxylic acids is 1. The number of hydrogen-bond donors (Lipinski definition) is 2. The van der Waals surface area contributed by atoms with Crippen molar-refractivity contribution in [2.45, 2.75) is 13.0 Å². The van der Waals surface area contributed by atoms with E-state index in [0.717, 1.165) is 0 Å². The number of rotatable bonds is 6. The summed E-state index contributed by atoms with van der Waals surface area (Å²) >= 11 is 0. The first-order chi connectivity index (χ1) is 10.1. The summed E-state index contributed by atoms with van der Waals surface area (Å²) in [6.07, 6.45) is 3.03. The van der Waals surface area contributed by atoms with E-state index >= 15 is 0 Å². The normalized spacial score (nSPS) is 10.1. The van der Waals surface area contributed by atoms with Gasteiger partial charge in [0.15, 0.2) is 0 Å². The maximum Gasteiger partial charge on any atom is 0.337 e. The van der Waals surface area contributed by atoms with Crippen molar-refractivity contribution in [3.05, 3.63) is 36.4 Å². The summed E-state index contributed by atoms with van der Waals surface area (Å²) in [5.41, 5.74) is 0.204. The van der Waals surface area contributed by atoms with Crippen LogP contribution in [0.4, 0.5) is 5.69 Å². The first-order valence-corrected chi connectivity index (χ1v) is 6.13. The number of amides is 1. The zero-order valence-corrected chi connectivity index (χ0v) is 11.3. The van der Waals surface area contributed by atoms with Crippen molar-refractivity contribution in [3.8, 4) is 5.75 Å². The molecule has 0 radical (unpaired) electrons. The monoisotopic (exact) mass is 290 g/mol. The summed E-state index contributed by atoms with van der Waals surface area (Å²) in [6.45, 7) is 0.359. The van der Waals surface area contributed by atoms with Crippen LogP contribution in [0.2, 0.25) is 0 Å². The Bertz CT molecular complexity index is 640. The van der Waals surface area contributed by atoms with E-state index in [1.165, 1.54) is 42.6 Å². The molecule has 1 amide bonds. The van der Waals surface area contributed by atoms with Crippen LogP contribution in [0.1, 0.15) is 16.8 Å². The first-order valence-electron chi connectivity index (χ1n) is 6.13. The molecule has 0 saturated carbocycles. The molecule has 0 aliphatic rings. The van der Waals surface area contributed by atoms with Crippen molar-refractivity contribution >= 4 is 17.6 Å². The third-order valence-electron chi connectivity index (χ3n) is 2.77. The fourth-order valence-corrected chi connectivity index (χ4v) is 1.72. The molecular weight excluding hydrogens is 276 g/mol. The number of aromatic nitrogens is 3. The number of aryl methyl sites for hydroxylation is 1. The van der Waals surface area contributed by atoms with Crippen LogP contribution < -0.4 is 10.1 Å². The van der Waals surface area contributed by atoms with E-state index in [-0.39, 0.29) is 23.6 Å². The molecule has 2 aromatic rings. The van der Waals surface area contributed by atoms with Gasteiger partial charge in [-0.25, -0.2) is 9.78 Å². The van der Waals surface area contributed by atoms with Crippen molar-refractivity contribution in [3.63, 3.8) is 0 Å². The van der Waals surface area contributed by atoms with E-state index in [1.54, 1.807) is 0 Å². The molecule has 0 aliphatic heterocycles. The molecule has 0 bridgehead atoms. The SMILES string of the molecule is COc1ccc(C(=O)O)c(NC(=O)CCn2cncn2)c1. The standard InChI is InChI=1S/C13H14N4O4/c1-21-9-2-3-10(13(19)20)11(6-9)16-12(18)4-5-17-8-14-7-15-17/h2-3,6-8H,4-5H2,1H3,(H,16,18)(H,19,20). The van der Waals surface area contributed by atoms with Crippen LogP contribution in [0.15, 0.2) is 30.9 Å². The molecule has 0 spiro atoms. The summed E-state index contributed by atoms with van der Waals surface area (Å²) in [5, 5.41) is 15.6. The van der Waals surface area contributed by atoms with Gasteiger partial charge in [-0.3, -0.25) is 9.48 Å². The van der Waals surface area contributed by atoms with Crippen molar-refractivity contribution in [2.24, 2.45) is 0 Å². The van der Waals surface area contributed by atoms with Gasteiger partial charge < -0.3 is 15.2 Å². The van der Waals surface area contributed by atoms with Gasteiger partial charge in [0.25, 0.3) is 0 Å². The van der Waals surface area contributed by atoms with Crippen LogP contribution in [-0.4, -0.2) is 38.9 Å². The van der Waals surface area contributed by atoms with Crippen LogP contribution in [0.25, 0.3) is 0 Å². The van der Waals surface area contributed by atoms with E-state index in [0.29, 0.717) is 12.3 Å². The number of hydrogen-bond acceptors (Lipinski definition) is 5. The number of methoxy groups -OCH3 is 1. The summed E-state index contributed by atoms with van der Waals surface area (Å²) in [4.78, 5) is 26.8. The molecule has 2 N–H and O–H groups in total. The van der Waals surface area contributed by atoms with Gasteiger partial charge in [-0.1, -0.05) is 0 Å². The van der Waals surface area contributed by atoms with E-state index in [2.05, 4.69) is 15.4 Å². The molecule has 0 saturated heterocycles. The lowest BCUT2D eigenvalue weighted by Gasteiger charge is -2.10. The quantitative estimate of drug-likeness (QED) is 0.822. The lowest BCUT2D eigenvalue weighted by Crippen LogP contribution is -2.17. The highest BCUT2D eigenvalue weighted by atomic mass is 16.5. The number of carboxylic acid groups (broad SMARTS) is 1. The van der Waals surface area contributed by atoms with E-state index in [9.17, 15) is 9.59 Å². The topological polar surface area (TPSA) is 106 Å². The summed E-state index contributed by atoms with van der Waals surface area (Å²) in [6, 6.07) is 4.37. The molecule has 0 fully saturated rings. The second-order valence-corrected chi connectivity index (χ2v) is 4.17. The Morgan fingerprint density at radius 2 is 2.24 bits per heavy atom. The highest BCUT2D eigenvalue weighted by Gasteiger charge is 2.13. The maximum absolute atomic E-state index is 11.9. The van der Waals surface area contributed by atoms with Gasteiger partial charge in [-0.2, -0.15) is 5.10 Å². The highest BCUT2D eigenvalue weighted by molar-refractivity contribution is 6.00. The zero-order valence-electron chi connectivity index (χ0n) is 11.3. The molecule has 8 nitrogen and oxygen atoms in total. The second-order valence-electron chi connectivity index (χ2n) is 4.17. The van der Waals surface area contributed by atoms with Crippen LogP contribution in [-0.2, 0) is 11.3 Å². The molecule has 21 heavy (non-hydrogen) atoms. The van der Waals surface area contributed by atoms with E-state index in [4.69, 9.17) is 9.84 Å². The molecule has 0 atom stereocenters. The van der Waals surface area contributed by atoms with Crippen molar-refractivity contribution in [2.75, 3.05) is 12.4 Å². The van der Waals surface area contributed by atoms with Gasteiger partial charge in [0, 0.05) is 12.5 Å². The summed E-state index contributed by atoms with van der Waals surface area (Å²) in [5.74, 6) is -0.975. The smallest absolute Gasteiger partial charge is 0.337 e. The predicted octanol–water partition coefficient (Wildman–Crippen LogP) is 1.01. The minimum atomic E-state index is -1.12. The van der Waals surface area contributed by atoms with Crippen LogP contribution >= 0.6 is 0 Å². The van der Waals surface area contributed by atoms with Gasteiger partial charge >= 0.3 is 5.97 Å². The molecule has 1 aromatic heterocycles. The molecule has 110 valence electrons. The molecular formula is C13H14N4O4. The number of carbonyl (C=O) groups is 2. The average Bonchev–Trinajstić information content (AvgIpc) is 2.98. The van der Waals surface area contributed by atoms with Gasteiger partial charge in [0.1, 0.15) is 18.4 Å². The lowest BCUT2D eigenvalue weighted by molar-refractivity contribution is -0.116. The minimum Gasteiger partial charge on any atom is -0.497 e. The third-order valence-corrected chi connectivity index (χ3v) is 2.77. The average molecular weight is 290 g/mol. The first kappa shape index (κ1) is 14.5. The molecule has 0 aliphatic carbocycles. The Morgan fingerprint density at radius 3 is 2.86 bits per heavy atom. The summed E-state index contributed by atoms with van der Waals surface area (Å²) in [7, 11) is 1.46. The zero-order chi connectivity index (χ0) is 15.2. The Hall–Kier alpha value is -2.90. The Labute approximate surface area is 120 Å². The third kappa shape index (κ3) is 3.78. The molecule has 2 rings (SSSR count). The second kappa shape index (κ2) is 6.51. The van der Waals surface area contributed by atoms with E-state index < -0.39 is 5.97 Å². The minimum absolute atomic E-state index is 0.00454. The van der Waals surface area contributed by atoms with E-state index in [1.807, 2.05) is 0 Å². The number of carboxylic acids is 1. The van der Waals surface area contributed by atoms with Crippen LogP contribution in [0, 0.1) is 0 Å². The van der Waals surface area contributed by atoms with Crippen molar-refractivity contribution in [1.82, 2.24) is 14.8 Å². The number of anilines is 1. The highest BCUT2D eigenvalue weighted by Crippen LogP contribution is 2.22. The molecule has 1 aromatic carbocycles. The fourth-order valence-electron chi connectivity index (χ4n) is 1.72. The number of nitrogens with one attached hydrogen (secondary N) is 1. The maximum atomic E-state index is 11.9. The number of carbonyl (C=O) groups excluding carboxylic acids is 1. The Balaban J connectivity index is 2.06. The largest absolute Gasteiger partial charge is 0.497 e. The van der Waals surface area contributed by atoms with Crippen LogP contribution in [0.3, 0.4) is 0 Å². The summed E-state index contributed by atoms with van der Waals surface area (Å²) < 4.78 is 6.54. The Morgan fingerprint density at radius 1 is 1.43 bits per heavy atom. The lowest BCUT2D eigenvalue weighted by atomic mass is 10.1. The van der Waals surface area contributed by atoms with Crippen molar-refractivity contribution in [1.29, 1.82) is 0 Å². The van der Waals surface area contributed by atoms with Gasteiger partial charge in [-0.05, 0) is 12.1 Å². The molecule has 8 heteroatoms. The fraction of sp³-hybridized carbons (Fsp3) is 0.231. The number of benzene rings is 1. The van der Waals surface area contributed by atoms with Gasteiger partial charge in [-0.15, -0.1) is 0 Å². The molecule has 1 heterocycles. The Kier molecular flexibility index (Phi) is 4.50. The van der Waals surface area contributed by atoms with Gasteiger partial charge in [0.2, 0.25) is 5.91 Å². The predicted molar refractivity (Wildman–Crippen MR) is 73.2 cm³/mol. The van der Waals surface area contributed by atoms with Gasteiger partial charge in [0.05, 0.1) is 24.9 Å². The number of ether oxygens (including phenoxy) is 1. The molecule has 0 unspecified atom stereocenters. The number of nitrogens with zero attached hydrogens (tertiary/aromatic N) is 3.